The molecule has 7 nitrogen and oxygen atoms in total. The highest BCUT2D eigenvalue weighted by atomic mass is 79.9. The van der Waals surface area contributed by atoms with Crippen molar-refractivity contribution in [3.63, 3.8) is 0 Å². The van der Waals surface area contributed by atoms with Crippen molar-refractivity contribution in [2.24, 2.45) is 0 Å². The normalized spacial score (nSPS) is 16.2. The first-order valence-electron chi connectivity index (χ1n) is 10.1. The Balaban J connectivity index is 1.58. The molecule has 2 aromatic carbocycles. The van der Waals surface area contributed by atoms with Gasteiger partial charge in [-0.25, -0.2) is 4.79 Å². The topological polar surface area (TPSA) is 80.3 Å². The predicted molar refractivity (Wildman–Crippen MR) is 120 cm³/mol. The van der Waals surface area contributed by atoms with Crippen LogP contribution in [0.4, 0.5) is 0 Å². The standard InChI is InChI=1S/C24H23BrO7/c1-13-18(29-11-20(26)32-24(2,3)4)6-5-17-21(27)19(31-22(13)17)9-14-7-16(25)8-15-10-28-12-30-23(14)15/h5-9H,10-12H2,1-4H3/b19-9-. The Morgan fingerprint density at radius 2 is 2.00 bits per heavy atom. The van der Waals surface area contributed by atoms with Crippen LogP contribution in [-0.4, -0.2) is 30.8 Å². The van der Waals surface area contributed by atoms with Gasteiger partial charge in [0.2, 0.25) is 5.78 Å². The number of carbonyl (C=O) groups is 2. The van der Waals surface area contributed by atoms with Crippen molar-refractivity contribution in [2.75, 3.05) is 13.4 Å². The molecule has 2 heterocycles. The summed E-state index contributed by atoms with van der Waals surface area (Å²) >= 11 is 3.48. The average molecular weight is 503 g/mol. The van der Waals surface area contributed by atoms with E-state index in [2.05, 4.69) is 15.9 Å². The SMILES string of the molecule is Cc1c(OCC(=O)OC(C)(C)C)ccc2c1O/C(=C\c1cc(Br)cc3c1OCOC3)C2=O. The van der Waals surface area contributed by atoms with Gasteiger partial charge < -0.3 is 23.7 Å². The molecule has 2 aliphatic heterocycles. The lowest BCUT2D eigenvalue weighted by Gasteiger charge is -2.20. The quantitative estimate of drug-likeness (QED) is 0.431. The molecule has 32 heavy (non-hydrogen) atoms. The molecule has 0 aromatic heterocycles. The summed E-state index contributed by atoms with van der Waals surface area (Å²) in [6, 6.07) is 7.07. The van der Waals surface area contributed by atoms with Crippen LogP contribution in [0.5, 0.6) is 17.2 Å². The molecule has 0 bridgehead atoms. The molecule has 0 N–H and O–H groups in total. The number of Topliss-reactive ketones (excluding diaryl/α,β-unsaturated/α-hetero) is 1. The molecule has 0 amide bonds. The highest BCUT2D eigenvalue weighted by molar-refractivity contribution is 9.10. The minimum Gasteiger partial charge on any atom is -0.481 e. The number of benzene rings is 2. The van der Waals surface area contributed by atoms with Crippen LogP contribution >= 0.6 is 15.9 Å². The number of hydrogen-bond acceptors (Lipinski definition) is 7. The van der Waals surface area contributed by atoms with E-state index in [1.165, 1.54) is 0 Å². The Bertz CT molecular complexity index is 1130. The molecule has 0 unspecified atom stereocenters. The third-order valence-electron chi connectivity index (χ3n) is 4.79. The summed E-state index contributed by atoms with van der Waals surface area (Å²) in [6.45, 7) is 7.49. The molecule has 0 saturated carbocycles. The van der Waals surface area contributed by atoms with Gasteiger partial charge in [-0.1, -0.05) is 15.9 Å². The number of hydrogen-bond donors (Lipinski definition) is 0. The number of allylic oxidation sites excluding steroid dienone is 1. The first-order chi connectivity index (χ1) is 15.1. The molecule has 4 rings (SSSR count). The molecule has 0 radical (unpaired) electrons. The summed E-state index contributed by atoms with van der Waals surface area (Å²) < 4.78 is 28.6. The molecule has 168 valence electrons. The summed E-state index contributed by atoms with van der Waals surface area (Å²) in [6.07, 6.45) is 1.66. The third kappa shape index (κ3) is 4.66. The van der Waals surface area contributed by atoms with Gasteiger partial charge in [0, 0.05) is 21.2 Å². The Kier molecular flexibility index (Phi) is 6.01. The van der Waals surface area contributed by atoms with Crippen molar-refractivity contribution in [1.29, 1.82) is 0 Å². The second-order valence-electron chi connectivity index (χ2n) is 8.47. The largest absolute Gasteiger partial charge is 0.481 e. The minimum absolute atomic E-state index is 0.150. The fourth-order valence-electron chi connectivity index (χ4n) is 3.49. The molecule has 2 aromatic rings. The number of fused-ring (bicyclic) bond motifs is 2. The van der Waals surface area contributed by atoms with E-state index in [-0.39, 0.29) is 24.9 Å². The van der Waals surface area contributed by atoms with E-state index in [0.717, 1.165) is 10.0 Å². The van der Waals surface area contributed by atoms with E-state index in [4.69, 9.17) is 23.7 Å². The Morgan fingerprint density at radius 1 is 1.22 bits per heavy atom. The van der Waals surface area contributed by atoms with Gasteiger partial charge >= 0.3 is 5.97 Å². The monoisotopic (exact) mass is 502 g/mol. The lowest BCUT2D eigenvalue weighted by molar-refractivity contribution is -0.157. The van der Waals surface area contributed by atoms with Gasteiger partial charge in [-0.2, -0.15) is 0 Å². The van der Waals surface area contributed by atoms with Gasteiger partial charge in [0.05, 0.1) is 12.2 Å². The Hall–Kier alpha value is -2.84. The molecular formula is C24H23BrO7. The van der Waals surface area contributed by atoms with Crippen molar-refractivity contribution in [2.45, 2.75) is 39.9 Å². The lowest BCUT2D eigenvalue weighted by atomic mass is 10.0. The second kappa shape index (κ2) is 8.60. The average Bonchev–Trinajstić information content (AvgIpc) is 3.02. The van der Waals surface area contributed by atoms with Gasteiger partial charge in [-0.05, 0) is 58.0 Å². The van der Waals surface area contributed by atoms with Crippen LogP contribution in [0.15, 0.2) is 34.5 Å². The minimum atomic E-state index is -0.593. The Labute approximate surface area is 194 Å². The molecule has 0 aliphatic carbocycles. The molecule has 0 saturated heterocycles. The van der Waals surface area contributed by atoms with Crippen LogP contribution in [0.1, 0.15) is 47.8 Å². The first kappa shape index (κ1) is 22.4. The number of ether oxygens (including phenoxy) is 5. The second-order valence-corrected chi connectivity index (χ2v) is 9.39. The molecule has 2 aliphatic rings. The van der Waals surface area contributed by atoms with E-state index in [9.17, 15) is 9.59 Å². The highest BCUT2D eigenvalue weighted by Crippen LogP contribution is 2.41. The summed E-state index contributed by atoms with van der Waals surface area (Å²) in [5.41, 5.74) is 2.07. The van der Waals surface area contributed by atoms with E-state index in [0.29, 0.717) is 40.5 Å². The summed E-state index contributed by atoms with van der Waals surface area (Å²) in [5, 5.41) is 0. The summed E-state index contributed by atoms with van der Waals surface area (Å²) in [7, 11) is 0. The predicted octanol–water partition coefficient (Wildman–Crippen LogP) is 4.96. The Morgan fingerprint density at radius 3 is 2.75 bits per heavy atom. The van der Waals surface area contributed by atoms with Crippen LogP contribution in [-0.2, 0) is 20.9 Å². The molecular weight excluding hydrogens is 480 g/mol. The number of halogens is 1. The molecule has 8 heteroatoms. The van der Waals surface area contributed by atoms with Crippen LogP contribution < -0.4 is 14.2 Å². The zero-order chi connectivity index (χ0) is 23.0. The van der Waals surface area contributed by atoms with E-state index < -0.39 is 11.6 Å². The van der Waals surface area contributed by atoms with Gasteiger partial charge in [0.1, 0.15) is 22.8 Å². The number of esters is 1. The number of ketones is 1. The maximum atomic E-state index is 13.0. The van der Waals surface area contributed by atoms with Crippen molar-refractivity contribution >= 4 is 33.8 Å². The number of carbonyl (C=O) groups excluding carboxylic acids is 2. The smallest absolute Gasteiger partial charge is 0.344 e. The lowest BCUT2D eigenvalue weighted by Crippen LogP contribution is -2.27. The van der Waals surface area contributed by atoms with Crippen LogP contribution in [0.3, 0.4) is 0 Å². The van der Waals surface area contributed by atoms with Crippen LogP contribution in [0.25, 0.3) is 6.08 Å². The maximum Gasteiger partial charge on any atom is 0.344 e. The van der Waals surface area contributed by atoms with Gasteiger partial charge in [-0.15, -0.1) is 0 Å². The van der Waals surface area contributed by atoms with E-state index in [1.807, 2.05) is 12.1 Å². The fraction of sp³-hybridized carbons (Fsp3) is 0.333. The van der Waals surface area contributed by atoms with Gasteiger partial charge in [0.25, 0.3) is 0 Å². The molecule has 0 fully saturated rings. The van der Waals surface area contributed by atoms with Crippen molar-refractivity contribution in [3.8, 4) is 17.2 Å². The van der Waals surface area contributed by atoms with Crippen LogP contribution in [0, 0.1) is 6.92 Å². The van der Waals surface area contributed by atoms with Crippen molar-refractivity contribution in [1.82, 2.24) is 0 Å². The van der Waals surface area contributed by atoms with Gasteiger partial charge in [-0.3, -0.25) is 4.79 Å². The summed E-state index contributed by atoms with van der Waals surface area (Å²) in [5.74, 6) is 1.00. The van der Waals surface area contributed by atoms with Crippen LogP contribution in [0.2, 0.25) is 0 Å². The third-order valence-corrected chi connectivity index (χ3v) is 5.25. The highest BCUT2D eigenvalue weighted by Gasteiger charge is 2.31. The molecule has 0 spiro atoms. The zero-order valence-electron chi connectivity index (χ0n) is 18.2. The molecule has 0 atom stereocenters. The maximum absolute atomic E-state index is 13.0. The number of rotatable bonds is 4. The first-order valence-corrected chi connectivity index (χ1v) is 10.9. The fourth-order valence-corrected chi connectivity index (χ4v) is 4.01. The van der Waals surface area contributed by atoms with E-state index in [1.54, 1.807) is 45.9 Å². The van der Waals surface area contributed by atoms with E-state index >= 15 is 0 Å². The van der Waals surface area contributed by atoms with Crippen molar-refractivity contribution in [3.05, 3.63) is 56.8 Å². The zero-order valence-corrected chi connectivity index (χ0v) is 19.8. The van der Waals surface area contributed by atoms with Gasteiger partial charge in [0.15, 0.2) is 19.2 Å². The summed E-state index contributed by atoms with van der Waals surface area (Å²) in [4.78, 5) is 24.9. The van der Waals surface area contributed by atoms with Crippen molar-refractivity contribution < 1.29 is 33.3 Å².